The van der Waals surface area contributed by atoms with Crippen LogP contribution in [0.2, 0.25) is 0 Å². The Morgan fingerprint density at radius 3 is 3.25 bits per heavy atom. The van der Waals surface area contributed by atoms with Gasteiger partial charge in [0.25, 0.3) is 5.91 Å². The quantitative estimate of drug-likeness (QED) is 0.702. The Labute approximate surface area is 116 Å². The van der Waals surface area contributed by atoms with E-state index in [2.05, 4.69) is 20.7 Å². The molecule has 0 bridgehead atoms. The normalized spacial score (nSPS) is 22.3. The smallest absolute Gasteiger partial charge is 0.254 e. The minimum atomic E-state index is -0.854. The van der Waals surface area contributed by atoms with Crippen molar-refractivity contribution >= 4 is 11.6 Å². The summed E-state index contributed by atoms with van der Waals surface area (Å²) in [5.41, 5.74) is 1.05. The number of aryl methyl sites for hydroxylation is 1. The first-order valence-corrected chi connectivity index (χ1v) is 6.60. The first kappa shape index (κ1) is 13.0. The highest BCUT2D eigenvalue weighted by molar-refractivity contribution is 5.95. The topological polar surface area (TPSA) is 91.5 Å². The molecule has 3 N–H and O–H groups in total. The van der Waals surface area contributed by atoms with E-state index >= 15 is 0 Å². The molecule has 20 heavy (non-hydrogen) atoms. The molecule has 1 amide bonds. The van der Waals surface area contributed by atoms with E-state index in [0.717, 1.165) is 12.2 Å². The zero-order chi connectivity index (χ0) is 14.2. The SMILES string of the molecule is Cc1c(C(=O)NC[C@]2(O)CCNC2)cnc2ccnn12. The molecule has 0 saturated carbocycles. The van der Waals surface area contributed by atoms with Crippen LogP contribution >= 0.6 is 0 Å². The fourth-order valence-corrected chi connectivity index (χ4v) is 2.44. The first-order chi connectivity index (χ1) is 9.59. The summed E-state index contributed by atoms with van der Waals surface area (Å²) in [6.07, 6.45) is 3.82. The van der Waals surface area contributed by atoms with Gasteiger partial charge in [-0.15, -0.1) is 0 Å². The Morgan fingerprint density at radius 2 is 2.50 bits per heavy atom. The third-order valence-corrected chi connectivity index (χ3v) is 3.70. The number of hydrogen-bond acceptors (Lipinski definition) is 5. The highest BCUT2D eigenvalue weighted by Crippen LogP contribution is 2.14. The van der Waals surface area contributed by atoms with Crippen LogP contribution in [0.5, 0.6) is 0 Å². The fourth-order valence-electron chi connectivity index (χ4n) is 2.44. The number of amides is 1. The Balaban J connectivity index is 1.76. The molecule has 3 heterocycles. The van der Waals surface area contributed by atoms with Crippen molar-refractivity contribution in [1.82, 2.24) is 25.2 Å². The third kappa shape index (κ3) is 2.25. The van der Waals surface area contributed by atoms with Crippen molar-refractivity contribution in [2.24, 2.45) is 0 Å². The molecule has 2 aromatic rings. The van der Waals surface area contributed by atoms with Crippen LogP contribution in [0.25, 0.3) is 5.65 Å². The van der Waals surface area contributed by atoms with Crippen LogP contribution < -0.4 is 10.6 Å². The van der Waals surface area contributed by atoms with Gasteiger partial charge in [-0.1, -0.05) is 0 Å². The van der Waals surface area contributed by atoms with E-state index in [-0.39, 0.29) is 12.5 Å². The summed E-state index contributed by atoms with van der Waals surface area (Å²) in [5, 5.41) is 20.2. The maximum atomic E-state index is 12.2. The van der Waals surface area contributed by atoms with E-state index in [9.17, 15) is 9.90 Å². The summed E-state index contributed by atoms with van der Waals surface area (Å²) in [4.78, 5) is 16.4. The molecule has 1 atom stereocenters. The van der Waals surface area contributed by atoms with Crippen LogP contribution in [0.1, 0.15) is 22.5 Å². The lowest BCUT2D eigenvalue weighted by molar-refractivity contribution is 0.0561. The number of carbonyl (C=O) groups excluding carboxylic acids is 1. The molecule has 7 heteroatoms. The molecular formula is C13H17N5O2. The van der Waals surface area contributed by atoms with Crippen LogP contribution in [0.15, 0.2) is 18.5 Å². The molecule has 0 spiro atoms. The van der Waals surface area contributed by atoms with Crippen LogP contribution in [-0.4, -0.2) is 50.8 Å². The molecule has 0 aromatic carbocycles. The van der Waals surface area contributed by atoms with E-state index < -0.39 is 5.60 Å². The second-order valence-corrected chi connectivity index (χ2v) is 5.19. The Hall–Kier alpha value is -1.99. The van der Waals surface area contributed by atoms with Gasteiger partial charge >= 0.3 is 0 Å². The van der Waals surface area contributed by atoms with Gasteiger partial charge in [-0.2, -0.15) is 5.10 Å². The predicted molar refractivity (Wildman–Crippen MR) is 72.5 cm³/mol. The highest BCUT2D eigenvalue weighted by atomic mass is 16.3. The van der Waals surface area contributed by atoms with Crippen molar-refractivity contribution in [2.45, 2.75) is 18.9 Å². The molecule has 0 aliphatic carbocycles. The number of carbonyl (C=O) groups is 1. The number of nitrogens with zero attached hydrogens (tertiary/aromatic N) is 3. The van der Waals surface area contributed by atoms with Crippen molar-refractivity contribution in [2.75, 3.05) is 19.6 Å². The van der Waals surface area contributed by atoms with Gasteiger partial charge in [0.05, 0.1) is 23.1 Å². The van der Waals surface area contributed by atoms with Gasteiger partial charge < -0.3 is 15.7 Å². The van der Waals surface area contributed by atoms with Gasteiger partial charge in [-0.25, -0.2) is 9.50 Å². The minimum absolute atomic E-state index is 0.232. The molecule has 1 aliphatic heterocycles. The minimum Gasteiger partial charge on any atom is -0.387 e. The maximum absolute atomic E-state index is 12.2. The van der Waals surface area contributed by atoms with Gasteiger partial charge in [0.15, 0.2) is 5.65 Å². The molecule has 3 rings (SSSR count). The summed E-state index contributed by atoms with van der Waals surface area (Å²) in [6.45, 7) is 3.33. The molecule has 1 saturated heterocycles. The maximum Gasteiger partial charge on any atom is 0.254 e. The number of nitrogens with one attached hydrogen (secondary N) is 2. The van der Waals surface area contributed by atoms with Crippen LogP contribution in [0, 0.1) is 6.92 Å². The molecule has 1 fully saturated rings. The van der Waals surface area contributed by atoms with E-state index in [1.54, 1.807) is 23.0 Å². The third-order valence-electron chi connectivity index (χ3n) is 3.70. The second-order valence-electron chi connectivity index (χ2n) is 5.19. The van der Waals surface area contributed by atoms with Gasteiger partial charge in [-0.3, -0.25) is 4.79 Å². The summed E-state index contributed by atoms with van der Waals surface area (Å²) in [7, 11) is 0. The Kier molecular flexibility index (Phi) is 3.15. The van der Waals surface area contributed by atoms with Gasteiger partial charge in [0.2, 0.25) is 0 Å². The Bertz CT molecular complexity index is 645. The zero-order valence-electron chi connectivity index (χ0n) is 11.3. The van der Waals surface area contributed by atoms with Gasteiger partial charge in [0.1, 0.15) is 0 Å². The molecular weight excluding hydrogens is 258 g/mol. The number of hydrogen-bond donors (Lipinski definition) is 3. The number of aliphatic hydroxyl groups is 1. The predicted octanol–water partition coefficient (Wildman–Crippen LogP) is -0.508. The van der Waals surface area contributed by atoms with Crippen LogP contribution in [0.4, 0.5) is 0 Å². The van der Waals surface area contributed by atoms with Crippen molar-refractivity contribution in [3.8, 4) is 0 Å². The summed E-state index contributed by atoms with van der Waals surface area (Å²) < 4.78 is 1.63. The van der Waals surface area contributed by atoms with Crippen molar-refractivity contribution in [1.29, 1.82) is 0 Å². The standard InChI is InChI=1S/C13H17N5O2/c1-9-10(6-15-11-2-4-17-18(9)11)12(19)16-8-13(20)3-5-14-7-13/h2,4,6,14,20H,3,5,7-8H2,1H3,(H,16,19)/t13-/m0/s1. The lowest BCUT2D eigenvalue weighted by Gasteiger charge is -2.21. The summed E-state index contributed by atoms with van der Waals surface area (Å²) in [6, 6.07) is 1.78. The number of aromatic nitrogens is 3. The van der Waals surface area contributed by atoms with Crippen LogP contribution in [0.3, 0.4) is 0 Å². The van der Waals surface area contributed by atoms with E-state index in [1.807, 2.05) is 6.92 Å². The second kappa shape index (κ2) is 4.84. The Morgan fingerprint density at radius 1 is 1.65 bits per heavy atom. The lowest BCUT2D eigenvalue weighted by Crippen LogP contribution is -2.44. The van der Waals surface area contributed by atoms with Gasteiger partial charge in [-0.05, 0) is 19.9 Å². The molecule has 0 unspecified atom stereocenters. The highest BCUT2D eigenvalue weighted by Gasteiger charge is 2.31. The van der Waals surface area contributed by atoms with Crippen molar-refractivity contribution < 1.29 is 9.90 Å². The lowest BCUT2D eigenvalue weighted by atomic mass is 10.0. The van der Waals surface area contributed by atoms with Gasteiger partial charge in [0, 0.05) is 25.4 Å². The fraction of sp³-hybridized carbons (Fsp3) is 0.462. The molecule has 1 aliphatic rings. The number of fused-ring (bicyclic) bond motifs is 1. The van der Waals surface area contributed by atoms with E-state index in [0.29, 0.717) is 24.2 Å². The molecule has 0 radical (unpaired) electrons. The summed E-state index contributed by atoms with van der Waals surface area (Å²) >= 11 is 0. The molecule has 7 nitrogen and oxygen atoms in total. The number of β-amino-alcohol motifs (C(OH)–C–C–N with tert-alkyl or cyclic N) is 1. The summed E-state index contributed by atoms with van der Waals surface area (Å²) in [5.74, 6) is -0.243. The largest absolute Gasteiger partial charge is 0.387 e. The van der Waals surface area contributed by atoms with Crippen molar-refractivity contribution in [3.63, 3.8) is 0 Å². The zero-order valence-corrected chi connectivity index (χ0v) is 11.3. The molecule has 2 aromatic heterocycles. The van der Waals surface area contributed by atoms with Crippen molar-refractivity contribution in [3.05, 3.63) is 29.7 Å². The average Bonchev–Trinajstić information content (AvgIpc) is 3.06. The molecule has 106 valence electrons. The average molecular weight is 275 g/mol. The van der Waals surface area contributed by atoms with E-state index in [1.165, 1.54) is 0 Å². The first-order valence-electron chi connectivity index (χ1n) is 6.60. The van der Waals surface area contributed by atoms with Crippen LogP contribution in [-0.2, 0) is 0 Å². The number of rotatable bonds is 3. The van der Waals surface area contributed by atoms with E-state index in [4.69, 9.17) is 0 Å². The monoisotopic (exact) mass is 275 g/mol.